The number of hydrogen-bond donors (Lipinski definition) is 1. The van der Waals surface area contributed by atoms with Crippen molar-refractivity contribution >= 4 is 19.1 Å². The largest absolute Gasteiger partial charge is 0.378 e. The summed E-state index contributed by atoms with van der Waals surface area (Å²) in [5.74, 6) is 0.538. The lowest BCUT2D eigenvalue weighted by molar-refractivity contribution is 0.444. The second kappa shape index (κ2) is 11.9. The summed E-state index contributed by atoms with van der Waals surface area (Å²) in [6, 6.07) is 9.85. The summed E-state index contributed by atoms with van der Waals surface area (Å²) in [5, 5.41) is 3.28. The van der Waals surface area contributed by atoms with Crippen LogP contribution < -0.4 is 15.1 Å². The lowest BCUT2D eigenvalue weighted by atomic mass is 9.98. The quantitative estimate of drug-likeness (QED) is 0.448. The molecule has 1 saturated carbocycles. The van der Waals surface area contributed by atoms with Gasteiger partial charge in [0.05, 0.1) is 0 Å². The van der Waals surface area contributed by atoms with Crippen molar-refractivity contribution in [3.63, 3.8) is 0 Å². The van der Waals surface area contributed by atoms with Gasteiger partial charge in [-0.2, -0.15) is 0 Å². The molecule has 1 N–H and O–H groups in total. The highest BCUT2D eigenvalue weighted by Gasteiger charge is 2.44. The third-order valence-electron chi connectivity index (χ3n) is 8.70. The van der Waals surface area contributed by atoms with Crippen molar-refractivity contribution in [2.45, 2.75) is 111 Å². The molecule has 0 heterocycles. The van der Waals surface area contributed by atoms with E-state index in [-0.39, 0.29) is 0 Å². The van der Waals surface area contributed by atoms with Gasteiger partial charge in [-0.3, -0.25) is 0 Å². The maximum atomic E-state index is 4.47. The van der Waals surface area contributed by atoms with Crippen molar-refractivity contribution in [1.29, 1.82) is 0 Å². The molecule has 1 unspecified atom stereocenters. The Kier molecular flexibility index (Phi) is 9.47. The summed E-state index contributed by atoms with van der Waals surface area (Å²) in [6.45, 7) is 12.2. The molecular formula is C30H50N2Si. The number of nitrogens with one attached hydrogen (secondary N) is 1. The van der Waals surface area contributed by atoms with Crippen LogP contribution in [0.5, 0.6) is 0 Å². The molecule has 3 heteroatoms. The maximum absolute atomic E-state index is 4.47. The van der Waals surface area contributed by atoms with Gasteiger partial charge in [-0.1, -0.05) is 99.3 Å². The Morgan fingerprint density at radius 1 is 0.788 bits per heavy atom. The van der Waals surface area contributed by atoms with Gasteiger partial charge < -0.3 is 9.88 Å². The molecule has 0 radical (unpaired) electrons. The minimum absolute atomic E-state index is 0.538. The van der Waals surface area contributed by atoms with Crippen molar-refractivity contribution in [2.24, 2.45) is 5.92 Å². The summed E-state index contributed by atoms with van der Waals surface area (Å²) in [4.78, 5) is 6.79. The third kappa shape index (κ3) is 6.03. The minimum Gasteiger partial charge on any atom is -0.378 e. The van der Waals surface area contributed by atoms with E-state index < -0.39 is 8.24 Å². The molecule has 0 amide bonds. The summed E-state index contributed by atoms with van der Waals surface area (Å²) in [7, 11) is 2.27. The lowest BCUT2D eigenvalue weighted by Gasteiger charge is -2.40. The fraction of sp³-hybridized carbons (Fsp3) is 0.667. The number of allylic oxidation sites excluding steroid dienone is 4. The van der Waals surface area contributed by atoms with E-state index in [4.69, 9.17) is 0 Å². The molecule has 2 aliphatic rings. The van der Waals surface area contributed by atoms with Crippen molar-refractivity contribution < 1.29 is 0 Å². The zero-order valence-corrected chi connectivity index (χ0v) is 23.7. The molecule has 3 rings (SSSR count). The predicted octanol–water partition coefficient (Wildman–Crippen LogP) is 7.64. The van der Waals surface area contributed by atoms with Gasteiger partial charge in [0, 0.05) is 25.8 Å². The van der Waals surface area contributed by atoms with Gasteiger partial charge in [-0.25, -0.2) is 0 Å². The molecular weight excluding hydrogens is 416 g/mol. The van der Waals surface area contributed by atoms with Gasteiger partial charge in [0.25, 0.3) is 0 Å². The van der Waals surface area contributed by atoms with Crippen LogP contribution in [-0.2, 0) is 0 Å². The standard InChI is InChI=1S/C30H50N2Si/c1-23-24(2)26(4)30(25(23)3)33(7,29-22-18-17-21-28(29)32(5)6)31-27-19-15-13-11-9-8-10-12-14-16-20-27/h17-18,21-22,25,27,31H,8-16,19-20H2,1-7H3/t25?,33-/m0/s1. The van der Waals surface area contributed by atoms with Gasteiger partial charge in [0.2, 0.25) is 0 Å². The Balaban J connectivity index is 2.00. The van der Waals surface area contributed by atoms with Gasteiger partial charge >= 0.3 is 0 Å². The fourth-order valence-electron chi connectivity index (χ4n) is 6.47. The molecule has 0 aromatic heterocycles. The number of hydrogen-bond acceptors (Lipinski definition) is 2. The van der Waals surface area contributed by atoms with Crippen LogP contribution in [0.25, 0.3) is 0 Å². The monoisotopic (exact) mass is 466 g/mol. The van der Waals surface area contributed by atoms with E-state index in [9.17, 15) is 0 Å². The molecule has 33 heavy (non-hydrogen) atoms. The first-order chi connectivity index (χ1) is 15.8. The first kappa shape index (κ1) is 26.3. The van der Waals surface area contributed by atoms with E-state index in [0.29, 0.717) is 12.0 Å². The van der Waals surface area contributed by atoms with Gasteiger partial charge in [-0.15, -0.1) is 0 Å². The molecule has 0 aliphatic heterocycles. The second-order valence-corrected chi connectivity index (χ2v) is 14.8. The Bertz CT molecular complexity index is 841. The predicted molar refractivity (Wildman–Crippen MR) is 150 cm³/mol. The van der Waals surface area contributed by atoms with E-state index in [2.05, 4.69) is 82.5 Å². The second-order valence-electron chi connectivity index (χ2n) is 11.2. The third-order valence-corrected chi connectivity index (χ3v) is 13.1. The number of benzene rings is 1. The average molecular weight is 467 g/mol. The van der Waals surface area contributed by atoms with E-state index in [1.807, 2.05) is 0 Å². The number of para-hydroxylation sites is 1. The highest BCUT2D eigenvalue weighted by molar-refractivity contribution is 6.96. The van der Waals surface area contributed by atoms with Crippen molar-refractivity contribution in [3.8, 4) is 0 Å². The summed E-state index contributed by atoms with van der Waals surface area (Å²) >= 11 is 0. The van der Waals surface area contributed by atoms with Crippen LogP contribution in [0, 0.1) is 5.92 Å². The molecule has 1 fully saturated rings. The molecule has 2 atom stereocenters. The van der Waals surface area contributed by atoms with Crippen molar-refractivity contribution in [3.05, 3.63) is 46.2 Å². The van der Waals surface area contributed by atoms with Crippen LogP contribution in [0.2, 0.25) is 6.55 Å². The summed E-state index contributed by atoms with van der Waals surface area (Å²) < 4.78 is 0. The maximum Gasteiger partial charge on any atom is 0.185 e. The number of nitrogens with zero attached hydrogens (tertiary/aromatic N) is 1. The Labute approximate surface area is 206 Å². The molecule has 184 valence electrons. The van der Waals surface area contributed by atoms with Crippen molar-refractivity contribution in [1.82, 2.24) is 4.98 Å². The molecule has 0 spiro atoms. The molecule has 1 aromatic carbocycles. The van der Waals surface area contributed by atoms with Crippen LogP contribution in [0.4, 0.5) is 5.69 Å². The normalized spacial score (nSPS) is 23.8. The number of rotatable bonds is 5. The Morgan fingerprint density at radius 3 is 1.79 bits per heavy atom. The van der Waals surface area contributed by atoms with E-state index in [1.165, 1.54) is 81.9 Å². The van der Waals surface area contributed by atoms with Crippen LogP contribution >= 0.6 is 0 Å². The number of anilines is 1. The highest BCUT2D eigenvalue weighted by Crippen LogP contribution is 2.41. The zero-order valence-electron chi connectivity index (χ0n) is 22.7. The minimum atomic E-state index is -2.14. The van der Waals surface area contributed by atoms with E-state index in [0.717, 1.165) is 0 Å². The van der Waals surface area contributed by atoms with Crippen molar-refractivity contribution in [2.75, 3.05) is 19.0 Å². The molecule has 0 bridgehead atoms. The van der Waals surface area contributed by atoms with Gasteiger partial charge in [0.1, 0.15) is 0 Å². The van der Waals surface area contributed by atoms with Crippen LogP contribution in [0.15, 0.2) is 46.2 Å². The van der Waals surface area contributed by atoms with Gasteiger partial charge in [-0.05, 0) is 62.9 Å². The Morgan fingerprint density at radius 2 is 1.30 bits per heavy atom. The van der Waals surface area contributed by atoms with E-state index in [1.54, 1.807) is 21.5 Å². The Hall–Kier alpha value is -1.32. The fourth-order valence-corrected chi connectivity index (χ4v) is 11.4. The molecule has 2 nitrogen and oxygen atoms in total. The first-order valence-corrected chi connectivity index (χ1v) is 16.2. The smallest absolute Gasteiger partial charge is 0.185 e. The first-order valence-electron chi connectivity index (χ1n) is 13.7. The molecule has 2 aliphatic carbocycles. The topological polar surface area (TPSA) is 15.3 Å². The van der Waals surface area contributed by atoms with Crippen LogP contribution in [-0.4, -0.2) is 28.4 Å². The van der Waals surface area contributed by atoms with Crippen LogP contribution in [0.1, 0.15) is 98.3 Å². The van der Waals surface area contributed by atoms with Gasteiger partial charge in [0.15, 0.2) is 8.24 Å². The summed E-state index contributed by atoms with van der Waals surface area (Å²) in [5.41, 5.74) is 6.05. The lowest BCUT2D eigenvalue weighted by Crippen LogP contribution is -2.64. The summed E-state index contributed by atoms with van der Waals surface area (Å²) in [6.07, 6.45) is 15.4. The molecule has 1 aromatic rings. The average Bonchev–Trinajstić information content (AvgIpc) is 2.98. The SMILES string of the molecule is CC1=C(C)C(C)C([Si@@](C)(NC2CCCCCCCCCCC2)c2ccccc2N(C)C)=C1C. The van der Waals surface area contributed by atoms with Crippen LogP contribution in [0.3, 0.4) is 0 Å². The zero-order chi connectivity index (χ0) is 24.0. The van der Waals surface area contributed by atoms with E-state index >= 15 is 0 Å². The highest BCUT2D eigenvalue weighted by atomic mass is 28.3. The molecule has 0 saturated heterocycles.